The topological polar surface area (TPSA) is 95.9 Å². The normalized spacial score (nSPS) is 20.1. The Morgan fingerprint density at radius 2 is 2.15 bits per heavy atom. The van der Waals surface area contributed by atoms with Gasteiger partial charge in [0.2, 0.25) is 0 Å². The average molecular weight is 286 g/mol. The molecule has 7 heteroatoms. The number of likely N-dealkylation sites (tertiary alicyclic amines) is 1. The highest BCUT2D eigenvalue weighted by Gasteiger charge is 2.29. The lowest BCUT2D eigenvalue weighted by molar-refractivity contribution is -0.149. The number of hydrogen-bond acceptors (Lipinski definition) is 4. The summed E-state index contributed by atoms with van der Waals surface area (Å²) in [6.45, 7) is 4.61. The van der Waals surface area contributed by atoms with Gasteiger partial charge in [-0.25, -0.2) is 4.79 Å². The number of piperidine rings is 1. The molecule has 0 spiro atoms. The summed E-state index contributed by atoms with van der Waals surface area (Å²) >= 11 is 0. The molecule has 1 saturated heterocycles. The molecule has 0 aliphatic carbocycles. The zero-order valence-corrected chi connectivity index (χ0v) is 11.9. The Labute approximate surface area is 118 Å². The van der Waals surface area contributed by atoms with Crippen LogP contribution in [0.1, 0.15) is 33.1 Å². The van der Waals surface area contributed by atoms with E-state index in [-0.39, 0.29) is 24.3 Å². The highest BCUT2D eigenvalue weighted by atomic mass is 16.5. The van der Waals surface area contributed by atoms with Gasteiger partial charge >= 0.3 is 18.0 Å². The predicted molar refractivity (Wildman–Crippen MR) is 71.2 cm³/mol. The minimum absolute atomic E-state index is 0.124. The van der Waals surface area contributed by atoms with Crippen LogP contribution in [0.5, 0.6) is 0 Å². The van der Waals surface area contributed by atoms with E-state index in [2.05, 4.69) is 5.32 Å². The summed E-state index contributed by atoms with van der Waals surface area (Å²) in [7, 11) is 0. The van der Waals surface area contributed by atoms with Crippen LogP contribution in [-0.4, -0.2) is 53.7 Å². The van der Waals surface area contributed by atoms with E-state index in [0.29, 0.717) is 26.1 Å². The lowest BCUT2D eigenvalue weighted by Crippen LogP contribution is -2.49. The zero-order valence-electron chi connectivity index (χ0n) is 11.9. The average Bonchev–Trinajstić information content (AvgIpc) is 2.38. The molecule has 1 aliphatic heterocycles. The van der Waals surface area contributed by atoms with Crippen LogP contribution in [0.4, 0.5) is 4.79 Å². The van der Waals surface area contributed by atoms with Gasteiger partial charge in [0.15, 0.2) is 0 Å². The van der Waals surface area contributed by atoms with E-state index in [1.54, 1.807) is 18.7 Å². The van der Waals surface area contributed by atoms with Gasteiger partial charge in [0, 0.05) is 19.1 Å². The van der Waals surface area contributed by atoms with E-state index in [9.17, 15) is 14.4 Å². The van der Waals surface area contributed by atoms with Crippen molar-refractivity contribution in [1.82, 2.24) is 10.2 Å². The summed E-state index contributed by atoms with van der Waals surface area (Å²) in [4.78, 5) is 35.8. The van der Waals surface area contributed by atoms with Crippen molar-refractivity contribution in [2.75, 3.05) is 19.7 Å². The highest BCUT2D eigenvalue weighted by Crippen LogP contribution is 2.18. The van der Waals surface area contributed by atoms with E-state index in [1.807, 2.05) is 0 Å². The third-order valence-electron chi connectivity index (χ3n) is 3.18. The van der Waals surface area contributed by atoms with Gasteiger partial charge < -0.3 is 20.1 Å². The Kier molecular flexibility index (Phi) is 6.27. The summed E-state index contributed by atoms with van der Waals surface area (Å²) in [6.07, 6.45) is 1.33. The van der Waals surface area contributed by atoms with Crippen molar-refractivity contribution in [2.24, 2.45) is 5.92 Å². The Morgan fingerprint density at radius 3 is 2.75 bits per heavy atom. The van der Waals surface area contributed by atoms with Crippen molar-refractivity contribution >= 4 is 18.0 Å². The first kappa shape index (κ1) is 16.3. The van der Waals surface area contributed by atoms with Gasteiger partial charge in [0.25, 0.3) is 0 Å². The van der Waals surface area contributed by atoms with Gasteiger partial charge in [0.05, 0.1) is 18.9 Å². The summed E-state index contributed by atoms with van der Waals surface area (Å²) in [6, 6.07) is -0.768. The Bertz CT molecular complexity index is 372. The maximum absolute atomic E-state index is 12.0. The largest absolute Gasteiger partial charge is 0.481 e. The van der Waals surface area contributed by atoms with Gasteiger partial charge in [-0.05, 0) is 26.7 Å². The van der Waals surface area contributed by atoms with Crippen molar-refractivity contribution < 1.29 is 24.2 Å². The molecule has 114 valence electrons. The van der Waals surface area contributed by atoms with Crippen molar-refractivity contribution in [1.29, 1.82) is 0 Å². The number of urea groups is 1. The first-order chi connectivity index (χ1) is 9.43. The summed E-state index contributed by atoms with van der Waals surface area (Å²) in [5.41, 5.74) is 0. The molecular weight excluding hydrogens is 264 g/mol. The molecule has 0 aromatic heterocycles. The number of rotatable bonds is 5. The van der Waals surface area contributed by atoms with Crippen LogP contribution in [0.3, 0.4) is 0 Å². The lowest BCUT2D eigenvalue weighted by Gasteiger charge is -2.32. The second-order valence-electron chi connectivity index (χ2n) is 4.99. The molecule has 2 N–H and O–H groups in total. The Hall–Kier alpha value is -1.79. The van der Waals surface area contributed by atoms with Crippen LogP contribution in [0.2, 0.25) is 0 Å². The number of hydrogen-bond donors (Lipinski definition) is 2. The number of carbonyl (C=O) groups is 3. The lowest BCUT2D eigenvalue weighted by atomic mass is 9.98. The smallest absolute Gasteiger partial charge is 0.317 e. The molecule has 1 fully saturated rings. The molecular formula is C13H22N2O5. The number of carboxylic acid groups (broad SMARTS) is 1. The SMILES string of the molecule is CCOC(=O)C1CCCN(C(=O)NC(C)CC(=O)O)C1. The highest BCUT2D eigenvalue weighted by molar-refractivity contribution is 5.78. The first-order valence-electron chi connectivity index (χ1n) is 6.87. The van der Waals surface area contributed by atoms with Gasteiger partial charge in [-0.15, -0.1) is 0 Å². The third-order valence-corrected chi connectivity index (χ3v) is 3.18. The van der Waals surface area contributed by atoms with Crippen molar-refractivity contribution in [2.45, 2.75) is 39.2 Å². The van der Waals surface area contributed by atoms with Gasteiger partial charge in [0.1, 0.15) is 0 Å². The number of ether oxygens (including phenoxy) is 1. The second kappa shape index (κ2) is 7.72. The maximum Gasteiger partial charge on any atom is 0.317 e. The van der Waals surface area contributed by atoms with Crippen LogP contribution in [-0.2, 0) is 14.3 Å². The van der Waals surface area contributed by atoms with Crippen LogP contribution >= 0.6 is 0 Å². The van der Waals surface area contributed by atoms with E-state index < -0.39 is 12.0 Å². The van der Waals surface area contributed by atoms with E-state index in [4.69, 9.17) is 9.84 Å². The molecule has 2 unspecified atom stereocenters. The number of nitrogens with zero attached hydrogens (tertiary/aromatic N) is 1. The van der Waals surface area contributed by atoms with E-state index in [1.165, 1.54) is 0 Å². The molecule has 1 heterocycles. The standard InChI is InChI=1S/C13H22N2O5/c1-3-20-12(18)10-5-4-6-15(8-10)13(19)14-9(2)7-11(16)17/h9-10H,3-8H2,1-2H3,(H,14,19)(H,16,17). The van der Waals surface area contributed by atoms with Gasteiger partial charge in [-0.3, -0.25) is 9.59 Å². The molecule has 0 aromatic rings. The number of aliphatic carboxylic acids is 1. The van der Waals surface area contributed by atoms with Crippen molar-refractivity contribution in [3.05, 3.63) is 0 Å². The fourth-order valence-electron chi connectivity index (χ4n) is 2.23. The van der Waals surface area contributed by atoms with Crippen LogP contribution in [0, 0.1) is 5.92 Å². The molecule has 0 radical (unpaired) electrons. The van der Waals surface area contributed by atoms with E-state index >= 15 is 0 Å². The number of nitrogens with one attached hydrogen (secondary N) is 1. The molecule has 0 saturated carbocycles. The van der Waals surface area contributed by atoms with Crippen LogP contribution in [0.15, 0.2) is 0 Å². The predicted octanol–water partition coefficient (Wildman–Crippen LogP) is 0.834. The van der Waals surface area contributed by atoms with E-state index in [0.717, 1.165) is 6.42 Å². The third kappa shape index (κ3) is 5.07. The molecule has 1 aliphatic rings. The summed E-state index contributed by atoms with van der Waals surface area (Å²) < 4.78 is 4.97. The molecule has 2 atom stereocenters. The quantitative estimate of drug-likeness (QED) is 0.730. The molecule has 2 amide bonds. The molecule has 0 bridgehead atoms. The molecule has 0 aromatic carbocycles. The number of esters is 1. The number of carbonyl (C=O) groups excluding carboxylic acids is 2. The maximum atomic E-state index is 12.0. The number of carboxylic acids is 1. The van der Waals surface area contributed by atoms with Gasteiger partial charge in [-0.2, -0.15) is 0 Å². The molecule has 1 rings (SSSR count). The minimum atomic E-state index is -0.958. The van der Waals surface area contributed by atoms with Crippen LogP contribution < -0.4 is 5.32 Å². The monoisotopic (exact) mass is 286 g/mol. The molecule has 20 heavy (non-hydrogen) atoms. The first-order valence-corrected chi connectivity index (χ1v) is 6.87. The zero-order chi connectivity index (χ0) is 15.1. The minimum Gasteiger partial charge on any atom is -0.481 e. The van der Waals surface area contributed by atoms with Crippen molar-refractivity contribution in [3.8, 4) is 0 Å². The summed E-state index contributed by atoms with van der Waals surface area (Å²) in [5.74, 6) is -1.52. The van der Waals surface area contributed by atoms with Crippen LogP contribution in [0.25, 0.3) is 0 Å². The fraction of sp³-hybridized carbons (Fsp3) is 0.769. The summed E-state index contributed by atoms with van der Waals surface area (Å²) in [5, 5.41) is 11.3. The van der Waals surface area contributed by atoms with Crippen molar-refractivity contribution in [3.63, 3.8) is 0 Å². The fourth-order valence-corrected chi connectivity index (χ4v) is 2.23. The Balaban J connectivity index is 2.47. The molecule has 7 nitrogen and oxygen atoms in total. The number of amides is 2. The second-order valence-corrected chi connectivity index (χ2v) is 4.99. The van der Waals surface area contributed by atoms with Gasteiger partial charge in [-0.1, -0.05) is 0 Å². The Morgan fingerprint density at radius 1 is 1.45 bits per heavy atom.